The maximum Gasteiger partial charge on any atom is 0.161 e. The molecule has 0 radical (unpaired) electrons. The smallest absolute Gasteiger partial charge is 0.161 e. The number of hydrogen-bond donors (Lipinski definition) is 1. The molecule has 2 aliphatic rings. The van der Waals surface area contributed by atoms with E-state index in [1.54, 1.807) is 11.3 Å². The number of nitrogens with two attached hydrogens (primary N) is 1. The van der Waals surface area contributed by atoms with Gasteiger partial charge in [0, 0.05) is 37.2 Å². The third-order valence-corrected chi connectivity index (χ3v) is 6.25. The van der Waals surface area contributed by atoms with E-state index in [2.05, 4.69) is 15.7 Å². The number of halogens is 3. The minimum atomic E-state index is -1.15. The van der Waals surface area contributed by atoms with Crippen LogP contribution in [0, 0.1) is 17.5 Å². The lowest BCUT2D eigenvalue weighted by Gasteiger charge is -2.38. The number of rotatable bonds is 2. The fourth-order valence-corrected chi connectivity index (χ4v) is 4.95. The molecular formula is C18H19F3N2S. The van der Waals surface area contributed by atoms with Gasteiger partial charge < -0.3 is 5.73 Å². The maximum atomic E-state index is 14.1. The first-order valence-electron chi connectivity index (χ1n) is 8.21. The van der Waals surface area contributed by atoms with Crippen LogP contribution in [0.25, 0.3) is 0 Å². The Morgan fingerprint density at radius 1 is 0.958 bits per heavy atom. The zero-order valence-electron chi connectivity index (χ0n) is 13.1. The zero-order valence-corrected chi connectivity index (χ0v) is 14.0. The van der Waals surface area contributed by atoms with E-state index in [-0.39, 0.29) is 17.5 Å². The lowest BCUT2D eigenvalue weighted by Crippen LogP contribution is -2.44. The minimum Gasteiger partial charge on any atom is -0.327 e. The summed E-state index contributed by atoms with van der Waals surface area (Å²) in [7, 11) is 0. The number of benzene rings is 1. The fraction of sp³-hybridized carbons (Fsp3) is 0.444. The van der Waals surface area contributed by atoms with Gasteiger partial charge in [-0.25, -0.2) is 13.2 Å². The first kappa shape index (κ1) is 16.1. The molecule has 0 saturated heterocycles. The lowest BCUT2D eigenvalue weighted by molar-refractivity contribution is 0.137. The van der Waals surface area contributed by atoms with E-state index in [1.807, 2.05) is 0 Å². The molecule has 2 nitrogen and oxygen atoms in total. The molecule has 1 fully saturated rings. The Labute approximate surface area is 143 Å². The van der Waals surface area contributed by atoms with Crippen molar-refractivity contribution in [3.63, 3.8) is 0 Å². The summed E-state index contributed by atoms with van der Waals surface area (Å²) in [4.78, 5) is 2.43. The average molecular weight is 352 g/mol. The van der Waals surface area contributed by atoms with Crippen LogP contribution in [0.15, 0.2) is 22.9 Å². The van der Waals surface area contributed by atoms with Gasteiger partial charge in [0.05, 0.1) is 0 Å². The first-order valence-corrected chi connectivity index (χ1v) is 9.15. The van der Waals surface area contributed by atoms with E-state index >= 15 is 0 Å². The third-order valence-electron chi connectivity index (χ3n) is 5.41. The van der Waals surface area contributed by atoms with Crippen molar-refractivity contribution in [1.29, 1.82) is 0 Å². The summed E-state index contributed by atoms with van der Waals surface area (Å²) in [6, 6.07) is 1.72. The molecule has 0 amide bonds. The van der Waals surface area contributed by atoms with Gasteiger partial charge in [-0.1, -0.05) is 0 Å². The van der Waals surface area contributed by atoms with Crippen molar-refractivity contribution in [2.45, 2.75) is 50.4 Å². The van der Waals surface area contributed by atoms with Crippen molar-refractivity contribution in [2.75, 3.05) is 0 Å². The van der Waals surface area contributed by atoms with Crippen LogP contribution in [-0.4, -0.2) is 17.0 Å². The average Bonchev–Trinajstić information content (AvgIpc) is 3.13. The molecule has 24 heavy (non-hydrogen) atoms. The molecule has 0 spiro atoms. The summed E-state index contributed by atoms with van der Waals surface area (Å²) >= 11 is 1.73. The SMILES string of the molecule is NC1C[C@@H](N2Cc3cscc3C2)CCC1c1cc(F)c(F)cc1F. The summed E-state index contributed by atoms with van der Waals surface area (Å²) in [5, 5.41) is 4.38. The Morgan fingerprint density at radius 2 is 1.62 bits per heavy atom. The molecule has 6 heteroatoms. The molecule has 2 heterocycles. The van der Waals surface area contributed by atoms with Crippen LogP contribution in [0.3, 0.4) is 0 Å². The largest absolute Gasteiger partial charge is 0.327 e. The molecular weight excluding hydrogens is 333 g/mol. The van der Waals surface area contributed by atoms with Crippen molar-refractivity contribution in [2.24, 2.45) is 5.73 Å². The summed E-state index contributed by atoms with van der Waals surface area (Å²) in [6.07, 6.45) is 2.33. The Morgan fingerprint density at radius 3 is 2.29 bits per heavy atom. The van der Waals surface area contributed by atoms with E-state index in [1.165, 1.54) is 11.1 Å². The van der Waals surface area contributed by atoms with Crippen molar-refractivity contribution < 1.29 is 13.2 Å². The number of hydrogen-bond acceptors (Lipinski definition) is 3. The molecule has 2 unspecified atom stereocenters. The Balaban J connectivity index is 1.47. The van der Waals surface area contributed by atoms with Crippen LogP contribution in [-0.2, 0) is 13.1 Å². The highest BCUT2D eigenvalue weighted by atomic mass is 32.1. The number of thiophene rings is 1. The van der Waals surface area contributed by atoms with Crippen LogP contribution < -0.4 is 5.73 Å². The van der Waals surface area contributed by atoms with Gasteiger partial charge in [0.1, 0.15) is 5.82 Å². The standard InChI is InChI=1S/C18H19F3N2S/c19-15-5-17(21)16(20)4-14(15)13-2-1-12(3-18(13)22)23-6-10-8-24-9-11(10)7-23/h4-5,8-9,12-13,18H,1-3,6-7,22H2/t12-,13?,18?/m0/s1. The van der Waals surface area contributed by atoms with Gasteiger partial charge in [0.15, 0.2) is 11.6 Å². The van der Waals surface area contributed by atoms with E-state index in [0.29, 0.717) is 18.5 Å². The Kier molecular flexibility index (Phi) is 4.14. The number of nitrogens with zero attached hydrogens (tertiary/aromatic N) is 1. The molecule has 128 valence electrons. The molecule has 1 aliphatic carbocycles. The summed E-state index contributed by atoms with van der Waals surface area (Å²) in [5.74, 6) is -3.12. The molecule has 0 bridgehead atoms. The van der Waals surface area contributed by atoms with Gasteiger partial charge in [-0.15, -0.1) is 0 Å². The third kappa shape index (κ3) is 2.76. The molecule has 2 aromatic rings. The molecule has 1 aromatic carbocycles. The van der Waals surface area contributed by atoms with E-state index < -0.39 is 17.5 Å². The highest BCUT2D eigenvalue weighted by Gasteiger charge is 2.35. The summed E-state index contributed by atoms with van der Waals surface area (Å²) < 4.78 is 40.7. The van der Waals surface area contributed by atoms with Crippen molar-refractivity contribution in [3.05, 3.63) is 57.0 Å². The van der Waals surface area contributed by atoms with Crippen LogP contribution in [0.4, 0.5) is 13.2 Å². The predicted molar refractivity (Wildman–Crippen MR) is 88.2 cm³/mol. The van der Waals surface area contributed by atoms with E-state index in [4.69, 9.17) is 5.73 Å². The van der Waals surface area contributed by atoms with Gasteiger partial charge in [-0.2, -0.15) is 11.3 Å². The van der Waals surface area contributed by atoms with Crippen molar-refractivity contribution >= 4 is 11.3 Å². The highest BCUT2D eigenvalue weighted by Crippen LogP contribution is 2.38. The zero-order chi connectivity index (χ0) is 16.8. The minimum absolute atomic E-state index is 0.208. The highest BCUT2D eigenvalue weighted by molar-refractivity contribution is 7.08. The Hall–Kier alpha value is -1.37. The van der Waals surface area contributed by atoms with Gasteiger partial charge >= 0.3 is 0 Å². The van der Waals surface area contributed by atoms with Gasteiger partial charge in [0.25, 0.3) is 0 Å². The van der Waals surface area contributed by atoms with Gasteiger partial charge in [-0.05, 0) is 52.8 Å². The van der Waals surface area contributed by atoms with Crippen LogP contribution in [0.5, 0.6) is 0 Å². The quantitative estimate of drug-likeness (QED) is 0.823. The van der Waals surface area contributed by atoms with E-state index in [0.717, 1.165) is 32.0 Å². The van der Waals surface area contributed by atoms with Crippen LogP contribution in [0.2, 0.25) is 0 Å². The molecule has 1 aliphatic heterocycles. The summed E-state index contributed by atoms with van der Waals surface area (Å²) in [6.45, 7) is 1.89. The number of fused-ring (bicyclic) bond motifs is 1. The van der Waals surface area contributed by atoms with Gasteiger partial charge in [-0.3, -0.25) is 4.90 Å². The van der Waals surface area contributed by atoms with Crippen molar-refractivity contribution in [3.8, 4) is 0 Å². The fourth-order valence-electron chi connectivity index (χ4n) is 4.10. The predicted octanol–water partition coefficient (Wildman–Crippen LogP) is 4.14. The van der Waals surface area contributed by atoms with Gasteiger partial charge in [0.2, 0.25) is 0 Å². The lowest BCUT2D eigenvalue weighted by atomic mass is 9.77. The normalized spacial score (nSPS) is 27.4. The maximum absolute atomic E-state index is 14.1. The Bertz CT molecular complexity index is 740. The van der Waals surface area contributed by atoms with E-state index in [9.17, 15) is 13.2 Å². The molecule has 1 saturated carbocycles. The molecule has 2 N–H and O–H groups in total. The first-order chi connectivity index (χ1) is 11.5. The molecule has 3 atom stereocenters. The molecule has 1 aromatic heterocycles. The molecule has 4 rings (SSSR count). The monoisotopic (exact) mass is 352 g/mol. The second kappa shape index (κ2) is 6.17. The topological polar surface area (TPSA) is 29.3 Å². The van der Waals surface area contributed by atoms with Crippen LogP contribution in [0.1, 0.15) is 41.9 Å². The second-order valence-electron chi connectivity index (χ2n) is 6.85. The van der Waals surface area contributed by atoms with Crippen molar-refractivity contribution in [1.82, 2.24) is 4.90 Å². The van der Waals surface area contributed by atoms with Crippen LogP contribution >= 0.6 is 11.3 Å². The summed E-state index contributed by atoms with van der Waals surface area (Å²) in [5.41, 5.74) is 9.29. The second-order valence-corrected chi connectivity index (χ2v) is 7.60.